The van der Waals surface area contributed by atoms with Crippen LogP contribution in [-0.2, 0) is 22.5 Å². The van der Waals surface area contributed by atoms with Crippen LogP contribution in [0.5, 0.6) is 0 Å². The number of anilines is 1. The monoisotopic (exact) mass is 571 g/mol. The molecule has 2 N–H and O–H groups in total. The van der Waals surface area contributed by atoms with Gasteiger partial charge in [0.15, 0.2) is 6.20 Å². The second-order valence-corrected chi connectivity index (χ2v) is 12.6. The first-order chi connectivity index (χ1) is 17.2. The molecule has 2 unspecified atom stereocenters. The molecule has 2 saturated carbocycles. The van der Waals surface area contributed by atoms with Gasteiger partial charge in [-0.2, -0.15) is 23.0 Å². The Labute approximate surface area is 212 Å². The van der Waals surface area contributed by atoms with Gasteiger partial charge in [-0.25, -0.2) is 26.6 Å². The fourth-order valence-electron chi connectivity index (χ4n) is 5.26. The molecule has 210 valence electrons. The molecule has 2 aromatic rings. The molecule has 2 heterocycles. The Bertz CT molecular complexity index is 1380. The Hall–Kier alpha value is -2.91. The molecule has 16 heteroatoms. The molecule has 2 fully saturated rings. The zero-order valence-corrected chi connectivity index (χ0v) is 21.0. The standard InChI is InChI=1S/C22H24F7N5O3S/c1-19(9-21(25,26)10-19)11-33-17(18(35)31-13-4-6-34(36)14(7-13)38(2,30)37)15(22(27,28)29)16(32-33)12-3-5-20(23,24)8-12/h4,6-7,12,30H,3,5,8-11H2,1-2H3,(H,31,35). The molecule has 2 aromatic heterocycles. The zero-order valence-electron chi connectivity index (χ0n) is 20.2. The Balaban J connectivity index is 1.81. The third-order valence-electron chi connectivity index (χ3n) is 6.71. The highest BCUT2D eigenvalue weighted by Gasteiger charge is 2.55. The van der Waals surface area contributed by atoms with Gasteiger partial charge in [0, 0.05) is 56.5 Å². The molecular formula is C22H24F7N5O3S. The van der Waals surface area contributed by atoms with E-state index in [0.717, 1.165) is 24.6 Å². The minimum absolute atomic E-state index is 0.104. The van der Waals surface area contributed by atoms with Gasteiger partial charge in [-0.05, 0) is 11.8 Å². The van der Waals surface area contributed by atoms with Crippen LogP contribution in [0.1, 0.15) is 66.7 Å². The van der Waals surface area contributed by atoms with E-state index in [1.807, 2.05) is 0 Å². The van der Waals surface area contributed by atoms with Crippen molar-refractivity contribution in [3.05, 3.63) is 40.5 Å². The van der Waals surface area contributed by atoms with Crippen LogP contribution in [0, 0.1) is 15.4 Å². The number of halogens is 7. The van der Waals surface area contributed by atoms with Crippen molar-refractivity contribution in [1.29, 1.82) is 4.78 Å². The van der Waals surface area contributed by atoms with E-state index in [2.05, 4.69) is 10.4 Å². The van der Waals surface area contributed by atoms with Crippen molar-refractivity contribution in [2.45, 2.75) is 74.5 Å². The van der Waals surface area contributed by atoms with Gasteiger partial charge in [-0.15, -0.1) is 0 Å². The lowest BCUT2D eigenvalue weighted by molar-refractivity contribution is -0.646. The number of nitrogens with one attached hydrogen (secondary N) is 2. The Morgan fingerprint density at radius 1 is 1.29 bits per heavy atom. The number of carbonyl (C=O) groups is 1. The van der Waals surface area contributed by atoms with Crippen molar-refractivity contribution in [3.63, 3.8) is 0 Å². The van der Waals surface area contributed by atoms with E-state index >= 15 is 0 Å². The molecule has 0 radical (unpaired) electrons. The first kappa shape index (κ1) is 28.1. The number of aromatic nitrogens is 3. The van der Waals surface area contributed by atoms with Crippen LogP contribution in [0.25, 0.3) is 0 Å². The Kier molecular flexibility index (Phi) is 6.52. The molecule has 2 aliphatic rings. The summed E-state index contributed by atoms with van der Waals surface area (Å²) < 4.78 is 118. The van der Waals surface area contributed by atoms with Gasteiger partial charge in [0.05, 0.1) is 11.4 Å². The van der Waals surface area contributed by atoms with Gasteiger partial charge in [-0.3, -0.25) is 9.48 Å². The molecule has 1 amide bonds. The lowest BCUT2D eigenvalue weighted by Crippen LogP contribution is -2.47. The molecule has 0 saturated heterocycles. The smallest absolute Gasteiger partial charge is 0.420 e. The van der Waals surface area contributed by atoms with E-state index in [0.29, 0.717) is 4.68 Å². The van der Waals surface area contributed by atoms with Gasteiger partial charge in [0.25, 0.3) is 10.9 Å². The van der Waals surface area contributed by atoms with Crippen LogP contribution in [0.4, 0.5) is 36.4 Å². The second-order valence-electron chi connectivity index (χ2n) is 10.5. The molecule has 4 rings (SSSR count). The number of hydrogen-bond acceptors (Lipinski definition) is 5. The van der Waals surface area contributed by atoms with Crippen molar-refractivity contribution in [2.24, 2.45) is 5.41 Å². The lowest BCUT2D eigenvalue weighted by atomic mass is 9.67. The average molecular weight is 572 g/mol. The molecule has 0 aromatic carbocycles. The van der Waals surface area contributed by atoms with Gasteiger partial charge >= 0.3 is 6.18 Å². The fraction of sp³-hybridized carbons (Fsp3) is 0.591. The SMILES string of the molecule is CC1(Cn2nc(C3CCC(F)(F)C3)c(C(F)(F)F)c2C(=O)Nc2cc[n+]([O-])c(S(C)(=N)=O)c2)CC(F)(F)C1. The maximum Gasteiger partial charge on any atom is 0.420 e. The number of amides is 1. The topological polar surface area (TPSA) is 115 Å². The number of nitrogens with zero attached hydrogens (tertiary/aromatic N) is 3. The van der Waals surface area contributed by atoms with Crippen molar-refractivity contribution < 1.29 is 44.5 Å². The summed E-state index contributed by atoms with van der Waals surface area (Å²) in [4.78, 5) is 13.3. The lowest BCUT2D eigenvalue weighted by Gasteiger charge is -2.44. The highest BCUT2D eigenvalue weighted by Crippen LogP contribution is 2.53. The van der Waals surface area contributed by atoms with E-state index in [1.54, 1.807) is 0 Å². The van der Waals surface area contributed by atoms with Gasteiger partial charge in [0.2, 0.25) is 11.8 Å². The first-order valence-corrected chi connectivity index (χ1v) is 13.4. The predicted molar refractivity (Wildman–Crippen MR) is 119 cm³/mol. The molecule has 8 nitrogen and oxygen atoms in total. The number of hydrogen-bond donors (Lipinski definition) is 2. The summed E-state index contributed by atoms with van der Waals surface area (Å²) in [7, 11) is -3.59. The number of alkyl halides is 7. The maximum atomic E-state index is 14.3. The molecule has 0 bridgehead atoms. The predicted octanol–water partition coefficient (Wildman–Crippen LogP) is 5.16. The Morgan fingerprint density at radius 3 is 2.42 bits per heavy atom. The summed E-state index contributed by atoms with van der Waals surface area (Å²) in [6, 6.07) is 1.86. The van der Waals surface area contributed by atoms with Crippen LogP contribution in [-0.4, -0.2) is 38.0 Å². The van der Waals surface area contributed by atoms with Crippen molar-refractivity contribution in [2.75, 3.05) is 11.6 Å². The zero-order chi connectivity index (χ0) is 28.5. The Morgan fingerprint density at radius 2 is 1.92 bits per heavy atom. The third-order valence-corrected chi connectivity index (χ3v) is 7.81. The molecule has 2 atom stereocenters. The number of rotatable bonds is 6. The van der Waals surface area contributed by atoms with Crippen molar-refractivity contribution in [1.82, 2.24) is 9.78 Å². The molecule has 0 spiro atoms. The summed E-state index contributed by atoms with van der Waals surface area (Å²) in [5, 5.41) is 17.4. The van der Waals surface area contributed by atoms with Crippen LogP contribution in [0.2, 0.25) is 0 Å². The normalized spacial score (nSPS) is 23.4. The van der Waals surface area contributed by atoms with E-state index in [9.17, 15) is 44.9 Å². The molecule has 0 aliphatic heterocycles. The van der Waals surface area contributed by atoms with E-state index in [4.69, 9.17) is 4.78 Å². The van der Waals surface area contributed by atoms with E-state index in [1.165, 1.54) is 6.92 Å². The third kappa shape index (κ3) is 5.59. The van der Waals surface area contributed by atoms with Crippen LogP contribution >= 0.6 is 0 Å². The second kappa shape index (κ2) is 8.81. The molecular weight excluding hydrogens is 547 g/mol. The largest absolute Gasteiger partial charge is 0.618 e. The molecule has 38 heavy (non-hydrogen) atoms. The fourth-order valence-corrected chi connectivity index (χ4v) is 6.02. The summed E-state index contributed by atoms with van der Waals surface area (Å²) >= 11 is 0. The van der Waals surface area contributed by atoms with Gasteiger partial charge < -0.3 is 10.5 Å². The average Bonchev–Trinajstić information content (AvgIpc) is 3.26. The van der Waals surface area contributed by atoms with Gasteiger partial charge in [0.1, 0.15) is 21.0 Å². The van der Waals surface area contributed by atoms with Crippen LogP contribution in [0.15, 0.2) is 23.4 Å². The summed E-state index contributed by atoms with van der Waals surface area (Å²) in [5.74, 6) is -8.97. The van der Waals surface area contributed by atoms with Crippen molar-refractivity contribution >= 4 is 21.3 Å². The van der Waals surface area contributed by atoms with Crippen LogP contribution in [0.3, 0.4) is 0 Å². The summed E-state index contributed by atoms with van der Waals surface area (Å²) in [5.41, 5.74) is -4.83. The first-order valence-electron chi connectivity index (χ1n) is 11.4. The summed E-state index contributed by atoms with van der Waals surface area (Å²) in [6.07, 6.45) is -6.71. The summed E-state index contributed by atoms with van der Waals surface area (Å²) in [6.45, 7) is 0.890. The highest BCUT2D eigenvalue weighted by atomic mass is 32.2. The van der Waals surface area contributed by atoms with Crippen LogP contribution < -0.4 is 10.0 Å². The number of carbonyl (C=O) groups excluding carboxylic acids is 1. The molecule has 2 aliphatic carbocycles. The minimum Gasteiger partial charge on any atom is -0.618 e. The minimum atomic E-state index is -5.21. The quantitative estimate of drug-likeness (QED) is 0.283. The van der Waals surface area contributed by atoms with Crippen molar-refractivity contribution in [3.8, 4) is 0 Å². The van der Waals surface area contributed by atoms with Gasteiger partial charge in [-0.1, -0.05) is 6.92 Å². The maximum absolute atomic E-state index is 14.3. The highest BCUT2D eigenvalue weighted by molar-refractivity contribution is 7.91. The number of pyridine rings is 1. The van der Waals surface area contributed by atoms with E-state index in [-0.39, 0.29) is 16.8 Å². The van der Waals surface area contributed by atoms with E-state index < -0.39 is 99.2 Å².